The SMILES string of the molecule is CC(C)c1ncc(OCCCN)cn1. The number of rotatable bonds is 5. The van der Waals surface area contributed by atoms with Crippen molar-refractivity contribution >= 4 is 0 Å². The van der Waals surface area contributed by atoms with Gasteiger partial charge in [-0.2, -0.15) is 0 Å². The first-order valence-corrected chi connectivity index (χ1v) is 4.89. The molecular weight excluding hydrogens is 178 g/mol. The Balaban J connectivity index is 2.47. The Labute approximate surface area is 84.5 Å². The second-order valence-corrected chi connectivity index (χ2v) is 3.42. The van der Waals surface area contributed by atoms with Gasteiger partial charge in [0.05, 0.1) is 19.0 Å². The van der Waals surface area contributed by atoms with E-state index in [0.717, 1.165) is 12.2 Å². The summed E-state index contributed by atoms with van der Waals surface area (Å²) < 4.78 is 5.38. The molecule has 0 spiro atoms. The van der Waals surface area contributed by atoms with E-state index in [0.29, 0.717) is 24.8 Å². The van der Waals surface area contributed by atoms with E-state index in [1.165, 1.54) is 0 Å². The Morgan fingerprint density at radius 3 is 2.50 bits per heavy atom. The van der Waals surface area contributed by atoms with Gasteiger partial charge < -0.3 is 10.5 Å². The van der Waals surface area contributed by atoms with Crippen LogP contribution in [-0.2, 0) is 0 Å². The first-order valence-electron chi connectivity index (χ1n) is 4.89. The van der Waals surface area contributed by atoms with Crippen molar-refractivity contribution in [1.29, 1.82) is 0 Å². The third-order valence-electron chi connectivity index (χ3n) is 1.78. The zero-order chi connectivity index (χ0) is 10.4. The molecule has 0 unspecified atom stereocenters. The van der Waals surface area contributed by atoms with Crippen LogP contribution >= 0.6 is 0 Å². The van der Waals surface area contributed by atoms with Crippen LogP contribution in [0.2, 0.25) is 0 Å². The smallest absolute Gasteiger partial charge is 0.155 e. The second kappa shape index (κ2) is 5.54. The van der Waals surface area contributed by atoms with Crippen molar-refractivity contribution in [2.75, 3.05) is 13.2 Å². The van der Waals surface area contributed by atoms with Crippen LogP contribution in [-0.4, -0.2) is 23.1 Å². The van der Waals surface area contributed by atoms with Crippen molar-refractivity contribution < 1.29 is 4.74 Å². The molecule has 0 aliphatic carbocycles. The molecule has 14 heavy (non-hydrogen) atoms. The summed E-state index contributed by atoms with van der Waals surface area (Å²) in [6, 6.07) is 0. The maximum absolute atomic E-state index is 5.38. The summed E-state index contributed by atoms with van der Waals surface area (Å²) in [5.41, 5.74) is 5.35. The molecule has 4 heteroatoms. The van der Waals surface area contributed by atoms with E-state index in [4.69, 9.17) is 10.5 Å². The number of nitrogens with two attached hydrogens (primary N) is 1. The largest absolute Gasteiger partial charge is 0.490 e. The summed E-state index contributed by atoms with van der Waals surface area (Å²) in [5.74, 6) is 1.91. The first-order chi connectivity index (χ1) is 6.74. The van der Waals surface area contributed by atoms with Gasteiger partial charge in [0.2, 0.25) is 0 Å². The van der Waals surface area contributed by atoms with Crippen LogP contribution < -0.4 is 10.5 Å². The maximum Gasteiger partial charge on any atom is 0.155 e. The molecule has 1 rings (SSSR count). The molecule has 0 atom stereocenters. The van der Waals surface area contributed by atoms with Crippen molar-refractivity contribution in [1.82, 2.24) is 9.97 Å². The fraction of sp³-hybridized carbons (Fsp3) is 0.600. The van der Waals surface area contributed by atoms with Crippen molar-refractivity contribution in [2.24, 2.45) is 5.73 Å². The minimum absolute atomic E-state index is 0.355. The molecule has 0 aliphatic rings. The summed E-state index contributed by atoms with van der Waals surface area (Å²) in [6.07, 6.45) is 4.27. The van der Waals surface area contributed by atoms with Gasteiger partial charge in [-0.05, 0) is 13.0 Å². The summed E-state index contributed by atoms with van der Waals surface area (Å²) in [6.45, 7) is 5.39. The average Bonchev–Trinajstić information content (AvgIpc) is 2.19. The van der Waals surface area contributed by atoms with Gasteiger partial charge >= 0.3 is 0 Å². The topological polar surface area (TPSA) is 61.0 Å². The fourth-order valence-corrected chi connectivity index (χ4v) is 0.972. The van der Waals surface area contributed by atoms with Gasteiger partial charge in [0.15, 0.2) is 5.75 Å². The standard InChI is InChI=1S/C10H17N3O/c1-8(2)10-12-6-9(7-13-10)14-5-3-4-11/h6-8H,3-5,11H2,1-2H3. The third-order valence-corrected chi connectivity index (χ3v) is 1.78. The van der Waals surface area contributed by atoms with Crippen LogP contribution in [0.15, 0.2) is 12.4 Å². The van der Waals surface area contributed by atoms with Gasteiger partial charge in [0.25, 0.3) is 0 Å². The normalized spacial score (nSPS) is 10.6. The highest BCUT2D eigenvalue weighted by Crippen LogP contribution is 2.11. The molecule has 0 amide bonds. The van der Waals surface area contributed by atoms with Gasteiger partial charge in [-0.15, -0.1) is 0 Å². The van der Waals surface area contributed by atoms with Gasteiger partial charge in [-0.3, -0.25) is 0 Å². The number of hydrogen-bond donors (Lipinski definition) is 1. The van der Waals surface area contributed by atoms with Crippen LogP contribution in [0.1, 0.15) is 32.0 Å². The van der Waals surface area contributed by atoms with E-state index >= 15 is 0 Å². The molecule has 1 heterocycles. The van der Waals surface area contributed by atoms with E-state index in [2.05, 4.69) is 23.8 Å². The minimum atomic E-state index is 0.355. The highest BCUT2D eigenvalue weighted by molar-refractivity contribution is 5.13. The fourth-order valence-electron chi connectivity index (χ4n) is 0.972. The lowest BCUT2D eigenvalue weighted by Gasteiger charge is -2.06. The van der Waals surface area contributed by atoms with Crippen molar-refractivity contribution in [2.45, 2.75) is 26.2 Å². The molecule has 2 N–H and O–H groups in total. The van der Waals surface area contributed by atoms with E-state index in [9.17, 15) is 0 Å². The van der Waals surface area contributed by atoms with Crippen LogP contribution in [0.5, 0.6) is 5.75 Å². The van der Waals surface area contributed by atoms with Gasteiger partial charge in [-0.1, -0.05) is 13.8 Å². The van der Waals surface area contributed by atoms with E-state index < -0.39 is 0 Å². The zero-order valence-corrected chi connectivity index (χ0v) is 8.73. The van der Waals surface area contributed by atoms with E-state index in [1.54, 1.807) is 12.4 Å². The minimum Gasteiger partial charge on any atom is -0.490 e. The molecule has 1 aromatic heterocycles. The predicted molar refractivity (Wildman–Crippen MR) is 55.3 cm³/mol. The summed E-state index contributed by atoms with van der Waals surface area (Å²) in [4.78, 5) is 8.38. The monoisotopic (exact) mass is 195 g/mol. The Morgan fingerprint density at radius 2 is 2.00 bits per heavy atom. The lowest BCUT2D eigenvalue weighted by molar-refractivity contribution is 0.310. The number of hydrogen-bond acceptors (Lipinski definition) is 4. The Kier molecular flexibility index (Phi) is 4.32. The predicted octanol–water partition coefficient (Wildman–Crippen LogP) is 1.33. The summed E-state index contributed by atoms with van der Waals surface area (Å²) in [7, 11) is 0. The number of nitrogens with zero attached hydrogens (tertiary/aromatic N) is 2. The molecule has 0 bridgehead atoms. The molecule has 0 saturated heterocycles. The maximum atomic E-state index is 5.38. The van der Waals surface area contributed by atoms with Crippen LogP contribution in [0.4, 0.5) is 0 Å². The quantitative estimate of drug-likeness (QED) is 0.720. The van der Waals surface area contributed by atoms with Crippen LogP contribution in [0.25, 0.3) is 0 Å². The van der Waals surface area contributed by atoms with Crippen LogP contribution in [0.3, 0.4) is 0 Å². The molecule has 78 valence electrons. The molecule has 0 aliphatic heterocycles. The van der Waals surface area contributed by atoms with Gasteiger partial charge in [0.1, 0.15) is 5.82 Å². The molecule has 4 nitrogen and oxygen atoms in total. The Morgan fingerprint density at radius 1 is 1.36 bits per heavy atom. The zero-order valence-electron chi connectivity index (χ0n) is 8.73. The molecule has 0 radical (unpaired) electrons. The van der Waals surface area contributed by atoms with Crippen molar-refractivity contribution in [3.8, 4) is 5.75 Å². The van der Waals surface area contributed by atoms with E-state index in [-0.39, 0.29) is 0 Å². The number of ether oxygens (including phenoxy) is 1. The summed E-state index contributed by atoms with van der Waals surface area (Å²) >= 11 is 0. The van der Waals surface area contributed by atoms with Crippen molar-refractivity contribution in [3.63, 3.8) is 0 Å². The van der Waals surface area contributed by atoms with Crippen LogP contribution in [0, 0.1) is 0 Å². The number of aromatic nitrogens is 2. The highest BCUT2D eigenvalue weighted by atomic mass is 16.5. The molecule has 0 aromatic carbocycles. The molecule has 0 saturated carbocycles. The summed E-state index contributed by atoms with van der Waals surface area (Å²) in [5, 5.41) is 0. The molecule has 1 aromatic rings. The second-order valence-electron chi connectivity index (χ2n) is 3.42. The average molecular weight is 195 g/mol. The first kappa shape index (κ1) is 10.9. The van der Waals surface area contributed by atoms with E-state index in [1.807, 2.05) is 0 Å². The molecular formula is C10H17N3O. The highest BCUT2D eigenvalue weighted by Gasteiger charge is 2.02. The molecule has 0 fully saturated rings. The van der Waals surface area contributed by atoms with Gasteiger partial charge in [-0.25, -0.2) is 9.97 Å². The third kappa shape index (κ3) is 3.30. The Bertz CT molecular complexity index is 259. The lowest BCUT2D eigenvalue weighted by Crippen LogP contribution is -2.07. The Hall–Kier alpha value is -1.16. The lowest BCUT2D eigenvalue weighted by atomic mass is 10.2. The van der Waals surface area contributed by atoms with Gasteiger partial charge in [0, 0.05) is 5.92 Å². The van der Waals surface area contributed by atoms with Crippen molar-refractivity contribution in [3.05, 3.63) is 18.2 Å².